The average molecular weight is 347 g/mol. The quantitative estimate of drug-likeness (QED) is 0.763. The molecule has 0 atom stereocenters. The van der Waals surface area contributed by atoms with Crippen LogP contribution in [-0.4, -0.2) is 19.3 Å². The standard InChI is InChI=1S/C15H21BrClNO/c16-15-7-6-13(17)10-12(15)11-18-8-9-19-14-4-2-1-3-5-14/h6-7,10,14,18H,1-5,8-9,11H2. The van der Waals surface area contributed by atoms with E-state index in [1.54, 1.807) is 0 Å². The molecule has 19 heavy (non-hydrogen) atoms. The van der Waals surface area contributed by atoms with Gasteiger partial charge in [0.2, 0.25) is 0 Å². The van der Waals surface area contributed by atoms with E-state index in [9.17, 15) is 0 Å². The number of benzene rings is 1. The van der Waals surface area contributed by atoms with Gasteiger partial charge in [0.15, 0.2) is 0 Å². The lowest BCUT2D eigenvalue weighted by Crippen LogP contribution is -2.24. The number of hydrogen-bond donors (Lipinski definition) is 1. The highest BCUT2D eigenvalue weighted by Crippen LogP contribution is 2.21. The van der Waals surface area contributed by atoms with E-state index >= 15 is 0 Å². The molecule has 1 aliphatic carbocycles. The number of halogens is 2. The van der Waals surface area contributed by atoms with Crippen LogP contribution < -0.4 is 5.32 Å². The Morgan fingerprint density at radius 1 is 1.26 bits per heavy atom. The Labute approximate surface area is 129 Å². The second kappa shape index (κ2) is 8.25. The van der Waals surface area contributed by atoms with Crippen molar-refractivity contribution in [3.05, 3.63) is 33.3 Å². The monoisotopic (exact) mass is 345 g/mol. The fourth-order valence-corrected chi connectivity index (χ4v) is 3.01. The van der Waals surface area contributed by atoms with Crippen LogP contribution >= 0.6 is 27.5 Å². The Morgan fingerprint density at radius 2 is 2.05 bits per heavy atom. The fraction of sp³-hybridized carbons (Fsp3) is 0.600. The van der Waals surface area contributed by atoms with Crippen molar-refractivity contribution in [3.63, 3.8) is 0 Å². The molecule has 1 aromatic carbocycles. The largest absolute Gasteiger partial charge is 0.377 e. The van der Waals surface area contributed by atoms with Gasteiger partial charge >= 0.3 is 0 Å². The summed E-state index contributed by atoms with van der Waals surface area (Å²) in [7, 11) is 0. The zero-order valence-electron chi connectivity index (χ0n) is 11.1. The lowest BCUT2D eigenvalue weighted by molar-refractivity contribution is 0.0302. The molecule has 1 N–H and O–H groups in total. The van der Waals surface area contributed by atoms with Gasteiger partial charge in [-0.3, -0.25) is 0 Å². The van der Waals surface area contributed by atoms with E-state index in [2.05, 4.69) is 21.2 Å². The number of ether oxygens (including phenoxy) is 1. The van der Waals surface area contributed by atoms with Gasteiger partial charge in [-0.1, -0.05) is 46.8 Å². The van der Waals surface area contributed by atoms with Crippen molar-refractivity contribution < 1.29 is 4.74 Å². The summed E-state index contributed by atoms with van der Waals surface area (Å²) in [6.45, 7) is 2.49. The van der Waals surface area contributed by atoms with E-state index < -0.39 is 0 Å². The van der Waals surface area contributed by atoms with Crippen LogP contribution in [-0.2, 0) is 11.3 Å². The molecule has 0 unspecified atom stereocenters. The smallest absolute Gasteiger partial charge is 0.0594 e. The molecule has 0 aliphatic heterocycles. The third-order valence-corrected chi connectivity index (χ3v) is 4.52. The maximum absolute atomic E-state index is 5.99. The summed E-state index contributed by atoms with van der Waals surface area (Å²) >= 11 is 9.52. The molecule has 0 radical (unpaired) electrons. The van der Waals surface area contributed by atoms with Crippen LogP contribution in [0, 0.1) is 0 Å². The zero-order chi connectivity index (χ0) is 13.5. The third kappa shape index (κ3) is 5.42. The molecule has 0 aromatic heterocycles. The molecule has 4 heteroatoms. The van der Waals surface area contributed by atoms with Gasteiger partial charge in [-0.25, -0.2) is 0 Å². The van der Waals surface area contributed by atoms with E-state index in [-0.39, 0.29) is 0 Å². The first-order valence-corrected chi connectivity index (χ1v) is 8.19. The lowest BCUT2D eigenvalue weighted by atomic mass is 9.98. The molecule has 2 rings (SSSR count). The van der Waals surface area contributed by atoms with Crippen molar-refractivity contribution in [1.29, 1.82) is 0 Å². The zero-order valence-corrected chi connectivity index (χ0v) is 13.5. The lowest BCUT2D eigenvalue weighted by Gasteiger charge is -2.22. The van der Waals surface area contributed by atoms with E-state index in [0.29, 0.717) is 6.10 Å². The normalized spacial score (nSPS) is 16.7. The minimum Gasteiger partial charge on any atom is -0.377 e. The third-order valence-electron chi connectivity index (χ3n) is 3.51. The summed E-state index contributed by atoms with van der Waals surface area (Å²) in [5.74, 6) is 0. The first-order chi connectivity index (χ1) is 9.25. The minimum absolute atomic E-state index is 0.494. The summed E-state index contributed by atoms with van der Waals surface area (Å²) in [6.07, 6.45) is 7.00. The van der Waals surface area contributed by atoms with E-state index in [1.165, 1.54) is 37.7 Å². The van der Waals surface area contributed by atoms with Crippen molar-refractivity contribution >= 4 is 27.5 Å². The van der Waals surface area contributed by atoms with Crippen molar-refractivity contribution in [2.24, 2.45) is 0 Å². The fourth-order valence-electron chi connectivity index (χ4n) is 2.43. The highest BCUT2D eigenvalue weighted by Gasteiger charge is 2.12. The van der Waals surface area contributed by atoms with Crippen LogP contribution in [0.3, 0.4) is 0 Å². The molecule has 2 nitrogen and oxygen atoms in total. The maximum atomic E-state index is 5.99. The van der Waals surface area contributed by atoms with Crippen LogP contribution in [0.1, 0.15) is 37.7 Å². The summed E-state index contributed by atoms with van der Waals surface area (Å²) in [5, 5.41) is 4.17. The molecule has 0 spiro atoms. The van der Waals surface area contributed by atoms with E-state index in [4.69, 9.17) is 16.3 Å². The Kier molecular flexibility index (Phi) is 6.65. The predicted octanol–water partition coefficient (Wildman–Crippen LogP) is 4.54. The van der Waals surface area contributed by atoms with Gasteiger partial charge in [0.05, 0.1) is 12.7 Å². The van der Waals surface area contributed by atoms with Gasteiger partial charge in [0.1, 0.15) is 0 Å². The van der Waals surface area contributed by atoms with Gasteiger partial charge in [0, 0.05) is 22.6 Å². The Morgan fingerprint density at radius 3 is 2.84 bits per heavy atom. The number of nitrogens with one attached hydrogen (secondary N) is 1. The molecule has 1 fully saturated rings. The first kappa shape index (κ1) is 15.3. The minimum atomic E-state index is 0.494. The highest BCUT2D eigenvalue weighted by molar-refractivity contribution is 9.10. The molecular formula is C15H21BrClNO. The second-order valence-corrected chi connectivity index (χ2v) is 6.33. The van der Waals surface area contributed by atoms with Gasteiger partial charge in [-0.2, -0.15) is 0 Å². The van der Waals surface area contributed by atoms with Crippen molar-refractivity contribution in [2.75, 3.05) is 13.2 Å². The summed E-state index contributed by atoms with van der Waals surface area (Å²) < 4.78 is 6.97. The average Bonchev–Trinajstić information content (AvgIpc) is 2.43. The summed E-state index contributed by atoms with van der Waals surface area (Å²) in [5.41, 5.74) is 1.19. The van der Waals surface area contributed by atoms with Crippen molar-refractivity contribution in [3.8, 4) is 0 Å². The van der Waals surface area contributed by atoms with Crippen molar-refractivity contribution in [2.45, 2.75) is 44.8 Å². The number of rotatable bonds is 6. The van der Waals surface area contributed by atoms with Crippen LogP contribution in [0.15, 0.2) is 22.7 Å². The molecular weight excluding hydrogens is 326 g/mol. The molecule has 1 saturated carbocycles. The van der Waals surface area contributed by atoms with Gasteiger partial charge < -0.3 is 10.1 Å². The molecule has 0 bridgehead atoms. The highest BCUT2D eigenvalue weighted by atomic mass is 79.9. The Hall–Kier alpha value is -0.0900. The van der Waals surface area contributed by atoms with Crippen molar-refractivity contribution in [1.82, 2.24) is 5.32 Å². The molecule has 0 heterocycles. The molecule has 106 valence electrons. The van der Waals surface area contributed by atoms with Crippen LogP contribution in [0.2, 0.25) is 5.02 Å². The summed E-state index contributed by atoms with van der Waals surface area (Å²) in [6, 6.07) is 5.86. The Balaban J connectivity index is 1.62. The molecule has 1 aliphatic rings. The van der Waals surface area contributed by atoms with Crippen LogP contribution in [0.4, 0.5) is 0 Å². The van der Waals surface area contributed by atoms with Gasteiger partial charge in [-0.05, 0) is 36.6 Å². The second-order valence-electron chi connectivity index (χ2n) is 5.04. The van der Waals surface area contributed by atoms with E-state index in [0.717, 1.165) is 29.2 Å². The maximum Gasteiger partial charge on any atom is 0.0594 e. The first-order valence-electron chi connectivity index (χ1n) is 7.02. The van der Waals surface area contributed by atoms with E-state index in [1.807, 2.05) is 18.2 Å². The van der Waals surface area contributed by atoms with Gasteiger partial charge in [-0.15, -0.1) is 0 Å². The predicted molar refractivity (Wildman–Crippen MR) is 83.7 cm³/mol. The molecule has 0 amide bonds. The van der Waals surface area contributed by atoms with Crippen LogP contribution in [0.25, 0.3) is 0 Å². The Bertz CT molecular complexity index is 394. The molecule has 0 saturated heterocycles. The summed E-state index contributed by atoms with van der Waals surface area (Å²) in [4.78, 5) is 0. The van der Waals surface area contributed by atoms with Gasteiger partial charge in [0.25, 0.3) is 0 Å². The van der Waals surface area contributed by atoms with Crippen LogP contribution in [0.5, 0.6) is 0 Å². The SMILES string of the molecule is Clc1ccc(Br)c(CNCCOC2CCCCC2)c1. The molecule has 1 aromatic rings. The topological polar surface area (TPSA) is 21.3 Å². The number of hydrogen-bond acceptors (Lipinski definition) is 2.